The van der Waals surface area contributed by atoms with Crippen molar-refractivity contribution in [3.8, 4) is 0 Å². The van der Waals surface area contributed by atoms with E-state index in [9.17, 15) is 8.42 Å². The van der Waals surface area contributed by atoms with E-state index in [0.29, 0.717) is 29.8 Å². The summed E-state index contributed by atoms with van der Waals surface area (Å²) in [7, 11) is -3.57. The quantitative estimate of drug-likeness (QED) is 0.811. The van der Waals surface area contributed by atoms with E-state index in [1.807, 2.05) is 6.92 Å². The predicted molar refractivity (Wildman–Crippen MR) is 97.5 cm³/mol. The maximum absolute atomic E-state index is 13.2. The smallest absolute Gasteiger partial charge is 0.262 e. The van der Waals surface area contributed by atoms with Crippen LogP contribution in [0.5, 0.6) is 0 Å². The van der Waals surface area contributed by atoms with Gasteiger partial charge < -0.3 is 0 Å². The first-order chi connectivity index (χ1) is 12.0. The van der Waals surface area contributed by atoms with Gasteiger partial charge in [-0.25, -0.2) is 13.4 Å². The highest BCUT2D eigenvalue weighted by atomic mass is 32.2. The molecule has 0 spiro atoms. The fraction of sp³-hybridized carbons (Fsp3) is 0.750. The fourth-order valence-electron chi connectivity index (χ4n) is 4.10. The second-order valence-corrected chi connectivity index (χ2v) is 10.1. The summed E-state index contributed by atoms with van der Waals surface area (Å²) in [6.45, 7) is 6.36. The van der Waals surface area contributed by atoms with Gasteiger partial charge in [0.15, 0.2) is 5.03 Å². The Labute approximate surface area is 152 Å². The Morgan fingerprint density at radius 1 is 1.04 bits per heavy atom. The predicted octanol–water partition coefficient (Wildman–Crippen LogP) is 2.05. The molecule has 0 atom stereocenters. The zero-order chi connectivity index (χ0) is 17.6. The van der Waals surface area contributed by atoms with E-state index >= 15 is 0 Å². The van der Waals surface area contributed by atoms with Gasteiger partial charge in [-0.2, -0.15) is 13.9 Å². The SMILES string of the molecule is Cc1nn2c(S(=O)(=O)N3CCN(C4CCCCC4)CC3)c(C)nc2s1. The van der Waals surface area contributed by atoms with E-state index in [1.165, 1.54) is 48.0 Å². The van der Waals surface area contributed by atoms with Crippen molar-refractivity contribution < 1.29 is 8.42 Å². The molecule has 0 unspecified atom stereocenters. The van der Waals surface area contributed by atoms with Gasteiger partial charge in [-0.15, -0.1) is 0 Å². The third-order valence-electron chi connectivity index (χ3n) is 5.37. The molecule has 1 aliphatic heterocycles. The van der Waals surface area contributed by atoms with Gasteiger partial charge in [-0.1, -0.05) is 30.6 Å². The third kappa shape index (κ3) is 3.11. The summed E-state index contributed by atoms with van der Waals surface area (Å²) < 4.78 is 29.5. The van der Waals surface area contributed by atoms with Gasteiger partial charge in [-0.05, 0) is 26.7 Å². The molecule has 0 N–H and O–H groups in total. The second-order valence-electron chi connectivity index (χ2n) is 7.05. The number of rotatable bonds is 3. The highest BCUT2D eigenvalue weighted by Crippen LogP contribution is 2.27. The maximum Gasteiger partial charge on any atom is 0.262 e. The Balaban J connectivity index is 1.54. The van der Waals surface area contributed by atoms with Crippen LogP contribution in [0.15, 0.2) is 5.03 Å². The standard InChI is InChI=1S/C16H25N5O2S2/c1-12-15(21-16(17-12)24-13(2)18-21)25(22,23)20-10-8-19(9-11-20)14-6-4-3-5-7-14/h14H,3-11H2,1-2H3. The van der Waals surface area contributed by atoms with Crippen molar-refractivity contribution in [2.45, 2.75) is 57.0 Å². The van der Waals surface area contributed by atoms with E-state index in [4.69, 9.17) is 0 Å². The molecule has 2 aromatic rings. The molecule has 138 valence electrons. The van der Waals surface area contributed by atoms with Crippen LogP contribution in [0.1, 0.15) is 42.8 Å². The van der Waals surface area contributed by atoms with E-state index in [0.717, 1.165) is 18.1 Å². The van der Waals surface area contributed by atoms with Crippen LogP contribution in [0, 0.1) is 13.8 Å². The second kappa shape index (κ2) is 6.61. The van der Waals surface area contributed by atoms with Gasteiger partial charge >= 0.3 is 0 Å². The number of hydrogen-bond donors (Lipinski definition) is 0. The van der Waals surface area contributed by atoms with Crippen LogP contribution in [0.4, 0.5) is 0 Å². The van der Waals surface area contributed by atoms with Crippen molar-refractivity contribution in [1.82, 2.24) is 23.8 Å². The third-order valence-corrected chi connectivity index (χ3v) is 8.20. The highest BCUT2D eigenvalue weighted by Gasteiger charge is 2.35. The van der Waals surface area contributed by atoms with Gasteiger partial charge in [-0.3, -0.25) is 4.90 Å². The number of hydrogen-bond acceptors (Lipinski definition) is 6. The molecular weight excluding hydrogens is 358 g/mol. The lowest BCUT2D eigenvalue weighted by Crippen LogP contribution is -2.52. The van der Waals surface area contributed by atoms with Crippen LogP contribution in [0.25, 0.3) is 4.96 Å². The van der Waals surface area contributed by atoms with Crippen molar-refractivity contribution in [1.29, 1.82) is 0 Å². The maximum atomic E-state index is 13.2. The molecule has 7 nitrogen and oxygen atoms in total. The van der Waals surface area contributed by atoms with Crippen LogP contribution < -0.4 is 0 Å². The lowest BCUT2D eigenvalue weighted by atomic mass is 9.94. The summed E-state index contributed by atoms with van der Waals surface area (Å²) in [5, 5.41) is 5.39. The Morgan fingerprint density at radius 2 is 1.72 bits per heavy atom. The summed E-state index contributed by atoms with van der Waals surface area (Å²) in [5.41, 5.74) is 0.536. The molecule has 9 heteroatoms. The van der Waals surface area contributed by atoms with Crippen LogP contribution in [-0.4, -0.2) is 64.4 Å². The molecule has 1 saturated carbocycles. The fourth-order valence-corrected chi connectivity index (χ4v) is 6.60. The van der Waals surface area contributed by atoms with Gasteiger partial charge in [0, 0.05) is 32.2 Å². The number of sulfonamides is 1. The molecular formula is C16H25N5O2S2. The number of imidazole rings is 1. The summed E-state index contributed by atoms with van der Waals surface area (Å²) in [6, 6.07) is 0.642. The first-order valence-electron chi connectivity index (χ1n) is 9.04. The lowest BCUT2D eigenvalue weighted by Gasteiger charge is -2.40. The topological polar surface area (TPSA) is 70.8 Å². The van der Waals surface area contributed by atoms with Gasteiger partial charge in [0.05, 0.1) is 5.69 Å². The molecule has 3 heterocycles. The number of piperazine rings is 1. The van der Waals surface area contributed by atoms with Gasteiger partial charge in [0.1, 0.15) is 5.01 Å². The van der Waals surface area contributed by atoms with E-state index in [1.54, 1.807) is 11.2 Å². The van der Waals surface area contributed by atoms with Gasteiger partial charge in [0.2, 0.25) is 4.96 Å². The monoisotopic (exact) mass is 383 g/mol. The number of nitrogens with zero attached hydrogens (tertiary/aromatic N) is 5. The summed E-state index contributed by atoms with van der Waals surface area (Å²) in [5.74, 6) is 0. The molecule has 2 fully saturated rings. The van der Waals surface area contributed by atoms with Crippen molar-refractivity contribution >= 4 is 26.3 Å². The molecule has 0 radical (unpaired) electrons. The van der Waals surface area contributed by atoms with Crippen molar-refractivity contribution in [3.63, 3.8) is 0 Å². The Bertz CT molecular complexity index is 859. The average molecular weight is 384 g/mol. The van der Waals surface area contributed by atoms with Crippen LogP contribution in [-0.2, 0) is 10.0 Å². The summed E-state index contributed by atoms with van der Waals surface area (Å²) >= 11 is 1.42. The van der Waals surface area contributed by atoms with Crippen molar-refractivity contribution in [2.24, 2.45) is 0 Å². The van der Waals surface area contributed by atoms with Crippen LogP contribution in [0.3, 0.4) is 0 Å². The largest absolute Gasteiger partial charge is 0.298 e. The Hall–Kier alpha value is -1.03. The minimum absolute atomic E-state index is 0.234. The Kier molecular flexibility index (Phi) is 4.59. The first-order valence-corrected chi connectivity index (χ1v) is 11.3. The molecule has 0 bridgehead atoms. The van der Waals surface area contributed by atoms with Crippen LogP contribution in [0.2, 0.25) is 0 Å². The summed E-state index contributed by atoms with van der Waals surface area (Å²) in [6.07, 6.45) is 6.47. The molecule has 2 aliphatic rings. The summed E-state index contributed by atoms with van der Waals surface area (Å²) in [4.78, 5) is 7.52. The van der Waals surface area contributed by atoms with Crippen LogP contribution >= 0.6 is 11.3 Å². The molecule has 1 saturated heterocycles. The normalized spacial score (nSPS) is 22.0. The van der Waals surface area contributed by atoms with Crippen molar-refractivity contribution in [3.05, 3.63) is 10.7 Å². The van der Waals surface area contributed by atoms with Crippen molar-refractivity contribution in [2.75, 3.05) is 26.2 Å². The molecule has 1 aliphatic carbocycles. The molecule has 0 amide bonds. The van der Waals surface area contributed by atoms with E-state index in [-0.39, 0.29) is 5.03 Å². The average Bonchev–Trinajstić information content (AvgIpc) is 3.09. The lowest BCUT2D eigenvalue weighted by molar-refractivity contribution is 0.111. The first kappa shape index (κ1) is 17.4. The number of aromatic nitrogens is 3. The zero-order valence-corrected chi connectivity index (χ0v) is 16.4. The molecule has 4 rings (SSSR count). The number of fused-ring (bicyclic) bond motifs is 1. The molecule has 25 heavy (non-hydrogen) atoms. The number of aryl methyl sites for hydroxylation is 2. The van der Waals surface area contributed by atoms with E-state index < -0.39 is 10.0 Å². The zero-order valence-electron chi connectivity index (χ0n) is 14.8. The van der Waals surface area contributed by atoms with Gasteiger partial charge in [0.25, 0.3) is 10.0 Å². The minimum atomic E-state index is -3.57. The minimum Gasteiger partial charge on any atom is -0.298 e. The highest BCUT2D eigenvalue weighted by molar-refractivity contribution is 7.89. The molecule has 2 aromatic heterocycles. The molecule has 0 aromatic carbocycles. The Morgan fingerprint density at radius 3 is 2.40 bits per heavy atom. The van der Waals surface area contributed by atoms with E-state index in [2.05, 4.69) is 15.0 Å².